The van der Waals surface area contributed by atoms with Crippen molar-refractivity contribution in [2.45, 2.75) is 26.9 Å². The zero-order valence-electron chi connectivity index (χ0n) is 14.9. The highest BCUT2D eigenvalue weighted by Gasteiger charge is 2.29. The van der Waals surface area contributed by atoms with Gasteiger partial charge < -0.3 is 4.74 Å². The Bertz CT molecular complexity index is 964. The van der Waals surface area contributed by atoms with Crippen LogP contribution in [0, 0.1) is 13.8 Å². The maximum Gasteiger partial charge on any atom is 0.260 e. The predicted molar refractivity (Wildman–Crippen MR) is 96.8 cm³/mol. The van der Waals surface area contributed by atoms with E-state index in [-0.39, 0.29) is 12.0 Å². The van der Waals surface area contributed by atoms with E-state index in [1.165, 1.54) is 0 Å². The van der Waals surface area contributed by atoms with Crippen LogP contribution in [0.25, 0.3) is 5.82 Å². The van der Waals surface area contributed by atoms with Crippen LogP contribution in [0.15, 0.2) is 42.7 Å². The Kier molecular flexibility index (Phi) is 3.91. The molecule has 0 bridgehead atoms. The number of carbonyl (C=O) groups excluding carboxylic acids is 1. The summed E-state index contributed by atoms with van der Waals surface area (Å²) < 4.78 is 7.47. The lowest BCUT2D eigenvalue weighted by molar-refractivity contribution is 0.0958. The maximum atomic E-state index is 13.0. The molecular formula is C19H19N5O2. The first-order valence-electron chi connectivity index (χ1n) is 8.46. The third-order valence-corrected chi connectivity index (χ3v) is 4.26. The normalized spacial score (nSPS) is 16.1. The van der Waals surface area contributed by atoms with Crippen LogP contribution in [0.4, 0.5) is 5.69 Å². The summed E-state index contributed by atoms with van der Waals surface area (Å²) in [5, 5.41) is 4.42. The second-order valence-electron chi connectivity index (χ2n) is 6.42. The van der Waals surface area contributed by atoms with E-state index in [9.17, 15) is 4.79 Å². The molecule has 1 atom stereocenters. The van der Waals surface area contributed by atoms with Crippen LogP contribution in [-0.2, 0) is 0 Å². The van der Waals surface area contributed by atoms with E-state index in [1.807, 2.05) is 32.9 Å². The first-order valence-corrected chi connectivity index (χ1v) is 8.46. The molecule has 7 nitrogen and oxygen atoms in total. The number of fused-ring (bicyclic) bond motifs is 1. The van der Waals surface area contributed by atoms with E-state index in [0.717, 1.165) is 11.4 Å². The van der Waals surface area contributed by atoms with Gasteiger partial charge in [-0.25, -0.2) is 14.6 Å². The Balaban J connectivity index is 1.64. The smallest absolute Gasteiger partial charge is 0.260 e. The van der Waals surface area contributed by atoms with Gasteiger partial charge in [0.15, 0.2) is 5.82 Å². The number of aryl methyl sites for hydroxylation is 2. The van der Waals surface area contributed by atoms with Crippen LogP contribution in [0.5, 0.6) is 5.88 Å². The summed E-state index contributed by atoms with van der Waals surface area (Å²) in [6.45, 7) is 6.30. The van der Waals surface area contributed by atoms with Crippen LogP contribution in [0.1, 0.15) is 28.7 Å². The fourth-order valence-corrected chi connectivity index (χ4v) is 3.11. The fraction of sp³-hybridized carbons (Fsp3) is 0.263. The average Bonchev–Trinajstić information content (AvgIpc) is 2.98. The molecule has 0 unspecified atom stereocenters. The molecule has 4 rings (SSSR count). The molecular weight excluding hydrogens is 330 g/mol. The quantitative estimate of drug-likeness (QED) is 0.711. The van der Waals surface area contributed by atoms with Gasteiger partial charge in [0.1, 0.15) is 11.8 Å². The van der Waals surface area contributed by atoms with E-state index >= 15 is 0 Å². The summed E-state index contributed by atoms with van der Waals surface area (Å²) >= 11 is 0. The number of ether oxygens (including phenoxy) is 1. The minimum atomic E-state index is -0.123. The van der Waals surface area contributed by atoms with Gasteiger partial charge in [-0.15, -0.1) is 0 Å². The van der Waals surface area contributed by atoms with Crippen molar-refractivity contribution in [1.29, 1.82) is 0 Å². The lowest BCUT2D eigenvalue weighted by atomic mass is 10.2. The number of pyridine rings is 2. The van der Waals surface area contributed by atoms with Crippen LogP contribution in [0.2, 0.25) is 0 Å². The Labute approximate surface area is 151 Å². The molecule has 1 aliphatic heterocycles. The molecule has 0 aromatic carbocycles. The van der Waals surface area contributed by atoms with Gasteiger partial charge in [-0.1, -0.05) is 0 Å². The van der Waals surface area contributed by atoms with Crippen LogP contribution in [-0.4, -0.2) is 38.3 Å². The molecule has 3 aromatic rings. The molecule has 3 aromatic heterocycles. The summed E-state index contributed by atoms with van der Waals surface area (Å²) in [5.74, 6) is 1.04. The molecule has 0 N–H and O–H groups in total. The topological polar surface area (TPSA) is 73.1 Å². The van der Waals surface area contributed by atoms with Crippen molar-refractivity contribution in [1.82, 2.24) is 19.7 Å². The summed E-state index contributed by atoms with van der Waals surface area (Å²) in [6.07, 6.45) is 3.12. The highest BCUT2D eigenvalue weighted by Crippen LogP contribution is 2.31. The standard InChI is InChI=1S/C19H19N5O2/c1-12-9-13(2)24(22-12)17-7-6-15(10-21-17)19(25)23-11-14(3)26-18-16(23)5-4-8-20-18/h4-10,14H,11H2,1-3H3/t14-/m1/s1. The van der Waals surface area contributed by atoms with E-state index < -0.39 is 0 Å². The number of anilines is 1. The second kappa shape index (κ2) is 6.25. The lowest BCUT2D eigenvalue weighted by Gasteiger charge is -2.32. The zero-order chi connectivity index (χ0) is 18.3. The van der Waals surface area contributed by atoms with Gasteiger partial charge in [-0.3, -0.25) is 9.69 Å². The molecule has 0 radical (unpaired) electrons. The van der Waals surface area contributed by atoms with E-state index in [1.54, 1.807) is 40.2 Å². The molecule has 0 fully saturated rings. The van der Waals surface area contributed by atoms with Crippen LogP contribution in [0.3, 0.4) is 0 Å². The van der Waals surface area contributed by atoms with Gasteiger partial charge in [0.25, 0.3) is 5.91 Å². The molecule has 4 heterocycles. The molecule has 0 spiro atoms. The van der Waals surface area contributed by atoms with Gasteiger partial charge in [-0.05, 0) is 51.1 Å². The number of aromatic nitrogens is 4. The number of hydrogen-bond acceptors (Lipinski definition) is 5. The zero-order valence-corrected chi connectivity index (χ0v) is 14.9. The predicted octanol–water partition coefficient (Wildman–Crippen LogP) is 2.71. The molecule has 132 valence electrons. The highest BCUT2D eigenvalue weighted by molar-refractivity contribution is 6.06. The third kappa shape index (κ3) is 2.81. The van der Waals surface area contributed by atoms with Crippen LogP contribution >= 0.6 is 0 Å². The van der Waals surface area contributed by atoms with Crippen molar-refractivity contribution in [2.24, 2.45) is 0 Å². The Morgan fingerprint density at radius 3 is 2.77 bits per heavy atom. The molecule has 0 saturated heterocycles. The van der Waals surface area contributed by atoms with Crippen molar-refractivity contribution in [2.75, 3.05) is 11.4 Å². The molecule has 0 aliphatic carbocycles. The van der Waals surface area contributed by atoms with Crippen molar-refractivity contribution < 1.29 is 9.53 Å². The first-order chi connectivity index (χ1) is 12.5. The summed E-state index contributed by atoms with van der Waals surface area (Å²) in [4.78, 5) is 23.3. The average molecular weight is 349 g/mol. The van der Waals surface area contributed by atoms with Gasteiger partial charge in [0.2, 0.25) is 5.88 Å². The van der Waals surface area contributed by atoms with Crippen molar-refractivity contribution in [3.05, 3.63) is 59.7 Å². The highest BCUT2D eigenvalue weighted by atomic mass is 16.5. The monoisotopic (exact) mass is 349 g/mol. The lowest BCUT2D eigenvalue weighted by Crippen LogP contribution is -2.42. The minimum absolute atomic E-state index is 0.122. The maximum absolute atomic E-state index is 13.0. The molecule has 7 heteroatoms. The number of rotatable bonds is 2. The molecule has 1 aliphatic rings. The Morgan fingerprint density at radius 1 is 1.23 bits per heavy atom. The molecule has 1 amide bonds. The van der Waals surface area contributed by atoms with Gasteiger partial charge in [0.05, 0.1) is 17.8 Å². The summed E-state index contributed by atoms with van der Waals surface area (Å²) in [6, 6.07) is 9.20. The fourth-order valence-electron chi connectivity index (χ4n) is 3.11. The van der Waals surface area contributed by atoms with Gasteiger partial charge in [-0.2, -0.15) is 5.10 Å². The van der Waals surface area contributed by atoms with Crippen molar-refractivity contribution >= 4 is 11.6 Å². The van der Waals surface area contributed by atoms with Crippen molar-refractivity contribution in [3.63, 3.8) is 0 Å². The summed E-state index contributed by atoms with van der Waals surface area (Å²) in [7, 11) is 0. The summed E-state index contributed by atoms with van der Waals surface area (Å²) in [5.41, 5.74) is 3.12. The van der Waals surface area contributed by atoms with Crippen molar-refractivity contribution in [3.8, 4) is 11.7 Å². The van der Waals surface area contributed by atoms with Crippen LogP contribution < -0.4 is 9.64 Å². The SMILES string of the molecule is Cc1cc(C)n(-c2ccc(C(=O)N3C[C@@H](C)Oc4ncccc43)cn2)n1. The molecule has 26 heavy (non-hydrogen) atoms. The van der Waals surface area contributed by atoms with E-state index in [4.69, 9.17) is 4.74 Å². The first kappa shape index (κ1) is 16.3. The second-order valence-corrected chi connectivity index (χ2v) is 6.42. The molecule has 0 saturated carbocycles. The number of carbonyl (C=O) groups is 1. The van der Waals surface area contributed by atoms with Gasteiger partial charge in [0, 0.05) is 18.1 Å². The minimum Gasteiger partial charge on any atom is -0.471 e. The largest absolute Gasteiger partial charge is 0.471 e. The van der Waals surface area contributed by atoms with Gasteiger partial charge >= 0.3 is 0 Å². The number of hydrogen-bond donors (Lipinski definition) is 0. The van der Waals surface area contributed by atoms with E-state index in [0.29, 0.717) is 29.5 Å². The van der Waals surface area contributed by atoms with E-state index in [2.05, 4.69) is 15.1 Å². The number of amides is 1. The third-order valence-electron chi connectivity index (χ3n) is 4.26. The number of nitrogens with zero attached hydrogens (tertiary/aromatic N) is 5. The Hall–Kier alpha value is -3.22. The Morgan fingerprint density at radius 2 is 2.08 bits per heavy atom.